The van der Waals surface area contributed by atoms with E-state index < -0.39 is 0 Å². The summed E-state index contributed by atoms with van der Waals surface area (Å²) in [5.74, 6) is 2.37. The molecule has 1 aromatic carbocycles. The molecule has 1 amide bonds. The van der Waals surface area contributed by atoms with Crippen molar-refractivity contribution in [1.82, 2.24) is 15.8 Å². The molecule has 3 aliphatic rings. The lowest BCUT2D eigenvalue weighted by atomic mass is 9.75. The van der Waals surface area contributed by atoms with E-state index in [2.05, 4.69) is 73.0 Å². The Balaban J connectivity index is 0.000000238. The number of rotatable bonds is 14. The number of hydrogen-bond donors (Lipinski definition) is 2. The van der Waals surface area contributed by atoms with Crippen LogP contribution < -0.4 is 10.9 Å². The number of carbonyl (C=O) groups excluding carboxylic acids is 2. The lowest BCUT2D eigenvalue weighted by molar-refractivity contribution is -0.135. The highest BCUT2D eigenvalue weighted by Crippen LogP contribution is 2.35. The van der Waals surface area contributed by atoms with E-state index in [1.807, 2.05) is 18.2 Å². The van der Waals surface area contributed by atoms with Crippen molar-refractivity contribution < 1.29 is 9.59 Å². The highest BCUT2D eigenvalue weighted by atomic mass is 16.2. The smallest absolute Gasteiger partial charge is 0.230 e. The van der Waals surface area contributed by atoms with Crippen molar-refractivity contribution in [2.75, 3.05) is 19.6 Å². The van der Waals surface area contributed by atoms with Crippen LogP contribution in [-0.2, 0) is 9.59 Å². The Morgan fingerprint density at radius 1 is 0.930 bits per heavy atom. The first-order chi connectivity index (χ1) is 20.9. The summed E-state index contributed by atoms with van der Waals surface area (Å²) in [5.41, 5.74) is 7.51. The van der Waals surface area contributed by atoms with E-state index in [1.165, 1.54) is 38.5 Å². The molecule has 240 valence electrons. The van der Waals surface area contributed by atoms with Gasteiger partial charge in [-0.3, -0.25) is 15.0 Å². The summed E-state index contributed by atoms with van der Waals surface area (Å²) in [6.07, 6.45) is 25.0. The van der Waals surface area contributed by atoms with Crippen molar-refractivity contribution >= 4 is 11.7 Å². The van der Waals surface area contributed by atoms with Gasteiger partial charge in [-0.1, -0.05) is 127 Å². The number of allylic oxidation sites excluding steroid dienone is 4. The lowest BCUT2D eigenvalue weighted by Crippen LogP contribution is -2.58. The molecule has 4 rings (SSSR count). The minimum Gasteiger partial charge on any atom is -0.342 e. The van der Waals surface area contributed by atoms with Crippen LogP contribution >= 0.6 is 0 Å². The standard InChI is InChI=1S/C21H27NO.C17H34N2O/c1-2-17-13-15-22(16-14-17)21(23)20(18-9-5-3-6-10-18)19-11-7-4-8-12-19;1-4-6-12-17(15(3)20,19-18-13-5-2)14-16-10-8-7-9-11-16/h3-11,17,19-20H,2,12-16H2,1H3;16,18-19H,4-14H2,1-3H3. The summed E-state index contributed by atoms with van der Waals surface area (Å²) < 4.78 is 0. The second kappa shape index (κ2) is 19.2. The molecule has 2 N–H and O–H groups in total. The van der Waals surface area contributed by atoms with Gasteiger partial charge in [-0.2, -0.15) is 0 Å². The highest BCUT2D eigenvalue weighted by molar-refractivity contribution is 5.86. The van der Waals surface area contributed by atoms with E-state index in [-0.39, 0.29) is 17.4 Å². The average Bonchev–Trinajstić information content (AvgIpc) is 3.05. The largest absolute Gasteiger partial charge is 0.342 e. The normalized spacial score (nSPS) is 21.5. The number of hydrogen-bond acceptors (Lipinski definition) is 4. The molecule has 5 heteroatoms. The number of piperidine rings is 1. The van der Waals surface area contributed by atoms with E-state index in [9.17, 15) is 9.59 Å². The first kappa shape index (κ1) is 35.2. The molecule has 1 aliphatic heterocycles. The number of hydrazine groups is 1. The van der Waals surface area contributed by atoms with E-state index in [1.54, 1.807) is 6.92 Å². The van der Waals surface area contributed by atoms with Crippen LogP contribution in [0.3, 0.4) is 0 Å². The van der Waals surface area contributed by atoms with Gasteiger partial charge in [0.25, 0.3) is 0 Å². The van der Waals surface area contributed by atoms with E-state index in [0.29, 0.717) is 11.7 Å². The molecule has 3 atom stereocenters. The molecule has 43 heavy (non-hydrogen) atoms. The third kappa shape index (κ3) is 11.0. The number of nitrogens with one attached hydrogen (secondary N) is 2. The third-order valence-electron chi connectivity index (χ3n) is 10.1. The van der Waals surface area contributed by atoms with Crippen LogP contribution in [0.25, 0.3) is 0 Å². The van der Waals surface area contributed by atoms with Gasteiger partial charge in [-0.15, -0.1) is 0 Å². The maximum atomic E-state index is 13.3. The number of benzene rings is 1. The minimum absolute atomic E-state index is 0.0458. The third-order valence-corrected chi connectivity index (χ3v) is 10.1. The number of likely N-dealkylation sites (tertiary alicyclic amines) is 1. The van der Waals surface area contributed by atoms with Gasteiger partial charge in [0.1, 0.15) is 0 Å². The van der Waals surface area contributed by atoms with Gasteiger partial charge in [0.05, 0.1) is 11.5 Å². The fraction of sp³-hybridized carbons (Fsp3) is 0.684. The molecule has 0 aromatic heterocycles. The van der Waals surface area contributed by atoms with Crippen LogP contribution in [0.15, 0.2) is 54.6 Å². The molecule has 2 fully saturated rings. The van der Waals surface area contributed by atoms with Gasteiger partial charge < -0.3 is 4.90 Å². The van der Waals surface area contributed by atoms with Crippen molar-refractivity contribution in [3.05, 3.63) is 60.2 Å². The molecule has 1 heterocycles. The van der Waals surface area contributed by atoms with Crippen LogP contribution in [0, 0.1) is 17.8 Å². The maximum Gasteiger partial charge on any atom is 0.230 e. The zero-order valence-corrected chi connectivity index (χ0v) is 27.8. The SMILES string of the molecule is CCC1CCN(C(=O)C(c2ccccc2)C2C=CC=CC2)CC1.CCCCC(CC1CCCCC1)(NNCCC)C(C)=O. The monoisotopic (exact) mass is 591 g/mol. The van der Waals surface area contributed by atoms with Gasteiger partial charge in [0, 0.05) is 19.6 Å². The molecule has 0 radical (unpaired) electrons. The van der Waals surface area contributed by atoms with E-state index in [4.69, 9.17) is 0 Å². The van der Waals surface area contributed by atoms with Gasteiger partial charge >= 0.3 is 0 Å². The van der Waals surface area contributed by atoms with Crippen LogP contribution in [0.5, 0.6) is 0 Å². The van der Waals surface area contributed by atoms with Gasteiger partial charge in [0.2, 0.25) is 5.91 Å². The molecular weight excluding hydrogens is 530 g/mol. The lowest BCUT2D eigenvalue weighted by Gasteiger charge is -2.37. The Kier molecular flexibility index (Phi) is 15.7. The van der Waals surface area contributed by atoms with Crippen molar-refractivity contribution in [1.29, 1.82) is 0 Å². The van der Waals surface area contributed by atoms with Crippen molar-refractivity contribution in [3.8, 4) is 0 Å². The van der Waals surface area contributed by atoms with Crippen molar-refractivity contribution in [3.63, 3.8) is 0 Å². The fourth-order valence-electron chi connectivity index (χ4n) is 7.18. The molecule has 2 aliphatic carbocycles. The van der Waals surface area contributed by atoms with Gasteiger partial charge in [0.15, 0.2) is 5.78 Å². The number of unbranched alkanes of at least 4 members (excludes halogenated alkanes) is 1. The average molecular weight is 592 g/mol. The summed E-state index contributed by atoms with van der Waals surface area (Å²) in [7, 11) is 0. The zero-order chi connectivity index (χ0) is 30.9. The molecule has 0 spiro atoms. The molecule has 1 aromatic rings. The van der Waals surface area contributed by atoms with Crippen LogP contribution in [0.2, 0.25) is 0 Å². The number of carbonyl (C=O) groups is 2. The molecule has 5 nitrogen and oxygen atoms in total. The topological polar surface area (TPSA) is 61.4 Å². The Morgan fingerprint density at radius 2 is 1.65 bits per heavy atom. The first-order valence-electron chi connectivity index (χ1n) is 17.6. The van der Waals surface area contributed by atoms with Gasteiger partial charge in [-0.05, 0) is 68.8 Å². The second-order valence-electron chi connectivity index (χ2n) is 13.3. The van der Waals surface area contributed by atoms with Crippen LogP contribution in [0.1, 0.15) is 129 Å². The quantitative estimate of drug-likeness (QED) is 0.168. The summed E-state index contributed by atoms with van der Waals surface area (Å²) in [4.78, 5) is 27.7. The Bertz CT molecular complexity index is 992. The van der Waals surface area contributed by atoms with Gasteiger partial charge in [-0.25, -0.2) is 5.43 Å². The Labute approximate surface area is 263 Å². The predicted octanol–water partition coefficient (Wildman–Crippen LogP) is 8.53. The predicted molar refractivity (Wildman–Crippen MR) is 181 cm³/mol. The number of ketones is 1. The molecule has 1 saturated carbocycles. The van der Waals surface area contributed by atoms with Crippen molar-refractivity contribution in [2.45, 2.75) is 129 Å². The Morgan fingerprint density at radius 3 is 2.23 bits per heavy atom. The molecular formula is C38H61N3O2. The zero-order valence-electron chi connectivity index (χ0n) is 27.8. The van der Waals surface area contributed by atoms with E-state index in [0.717, 1.165) is 88.4 Å². The fourth-order valence-corrected chi connectivity index (χ4v) is 7.18. The summed E-state index contributed by atoms with van der Waals surface area (Å²) in [6, 6.07) is 10.3. The van der Waals surface area contributed by atoms with E-state index >= 15 is 0 Å². The maximum absolute atomic E-state index is 13.3. The van der Waals surface area contributed by atoms with Crippen molar-refractivity contribution in [2.24, 2.45) is 17.8 Å². The van der Waals surface area contributed by atoms with Crippen LogP contribution in [-0.4, -0.2) is 41.8 Å². The summed E-state index contributed by atoms with van der Waals surface area (Å²) in [5, 5.41) is 0. The number of Topliss-reactive ketones (excluding diaryl/α,β-unsaturated/α-hetero) is 1. The number of nitrogens with zero attached hydrogens (tertiary/aromatic N) is 1. The minimum atomic E-state index is -0.340. The molecule has 1 saturated heterocycles. The Hall–Kier alpha value is -2.24. The molecule has 3 unspecified atom stereocenters. The highest BCUT2D eigenvalue weighted by Gasteiger charge is 2.37. The molecule has 0 bridgehead atoms. The van der Waals surface area contributed by atoms with Crippen LogP contribution in [0.4, 0.5) is 0 Å². The summed E-state index contributed by atoms with van der Waals surface area (Å²) >= 11 is 0. The first-order valence-corrected chi connectivity index (χ1v) is 17.6. The second-order valence-corrected chi connectivity index (χ2v) is 13.3. The summed E-state index contributed by atoms with van der Waals surface area (Å²) in [6.45, 7) is 11.1. The number of amides is 1.